The average molecular weight is 259 g/mol. The molecule has 66 valence electrons. The first-order valence-corrected chi connectivity index (χ1v) is 4.98. The second-order valence-corrected chi connectivity index (χ2v) is 4.68. The van der Waals surface area contributed by atoms with Crippen LogP contribution in [0.15, 0.2) is 22.1 Å². The number of nitro benzene ring substituents is 1. The topological polar surface area (TPSA) is 56.0 Å². The Morgan fingerprint density at radius 1 is 1.54 bits per heavy atom. The van der Waals surface area contributed by atoms with E-state index in [4.69, 9.17) is 0 Å². The van der Waals surface area contributed by atoms with Gasteiger partial charge in [0.15, 0.2) is 3.92 Å². The van der Waals surface area contributed by atoms with Gasteiger partial charge in [-0.1, -0.05) is 0 Å². The maximum Gasteiger partial charge on any atom is 0.270 e. The molecule has 0 spiro atoms. The fourth-order valence-corrected chi connectivity index (χ4v) is 2.44. The predicted molar refractivity (Wildman–Crippen MR) is 54.0 cm³/mol. The largest absolute Gasteiger partial charge is 0.270 e. The molecule has 1 heterocycles. The van der Waals surface area contributed by atoms with Gasteiger partial charge in [0.25, 0.3) is 5.69 Å². The van der Waals surface area contributed by atoms with E-state index in [1.807, 2.05) is 0 Å². The number of benzene rings is 1. The SMILES string of the molecule is O=[N+]([O-])c1ccc2nc(Br)sc2c1. The van der Waals surface area contributed by atoms with Crippen molar-refractivity contribution in [2.24, 2.45) is 0 Å². The van der Waals surface area contributed by atoms with Crippen LogP contribution >= 0.6 is 27.3 Å². The maximum absolute atomic E-state index is 10.4. The lowest BCUT2D eigenvalue weighted by molar-refractivity contribution is -0.384. The third-order valence-electron chi connectivity index (χ3n) is 1.56. The summed E-state index contributed by atoms with van der Waals surface area (Å²) in [5, 5.41) is 10.4. The molecule has 2 rings (SSSR count). The zero-order valence-corrected chi connectivity index (χ0v) is 8.63. The van der Waals surface area contributed by atoms with Gasteiger partial charge >= 0.3 is 0 Å². The van der Waals surface area contributed by atoms with Gasteiger partial charge in [-0.3, -0.25) is 10.1 Å². The van der Waals surface area contributed by atoms with Crippen LogP contribution < -0.4 is 0 Å². The quantitative estimate of drug-likeness (QED) is 0.584. The summed E-state index contributed by atoms with van der Waals surface area (Å²) in [5.74, 6) is 0. The molecule has 4 nitrogen and oxygen atoms in total. The molecule has 0 bridgehead atoms. The second kappa shape index (κ2) is 3.04. The summed E-state index contributed by atoms with van der Waals surface area (Å²) < 4.78 is 1.56. The molecule has 6 heteroatoms. The summed E-state index contributed by atoms with van der Waals surface area (Å²) in [6.07, 6.45) is 0. The van der Waals surface area contributed by atoms with E-state index in [1.54, 1.807) is 6.07 Å². The molecule has 0 atom stereocenters. The summed E-state index contributed by atoms with van der Waals surface area (Å²) in [7, 11) is 0. The highest BCUT2D eigenvalue weighted by molar-refractivity contribution is 9.11. The number of non-ortho nitro benzene ring substituents is 1. The highest BCUT2D eigenvalue weighted by atomic mass is 79.9. The van der Waals surface area contributed by atoms with Crippen LogP contribution in [0.1, 0.15) is 0 Å². The Morgan fingerprint density at radius 3 is 3.00 bits per heavy atom. The normalized spacial score (nSPS) is 10.5. The van der Waals surface area contributed by atoms with E-state index in [2.05, 4.69) is 20.9 Å². The Labute approximate surface area is 85.5 Å². The Balaban J connectivity index is 2.67. The van der Waals surface area contributed by atoms with Crippen molar-refractivity contribution in [3.63, 3.8) is 0 Å². The number of fused-ring (bicyclic) bond motifs is 1. The standard InChI is InChI=1S/C7H3BrN2O2S/c8-7-9-5-2-1-4(10(11)12)3-6(5)13-7/h1-3H. The smallest absolute Gasteiger partial charge is 0.258 e. The van der Waals surface area contributed by atoms with E-state index < -0.39 is 4.92 Å². The maximum atomic E-state index is 10.4. The van der Waals surface area contributed by atoms with Gasteiger partial charge in [-0.25, -0.2) is 4.98 Å². The van der Waals surface area contributed by atoms with Crippen molar-refractivity contribution >= 4 is 43.2 Å². The average Bonchev–Trinajstić information content (AvgIpc) is 2.42. The van der Waals surface area contributed by atoms with Crippen LogP contribution in [0.3, 0.4) is 0 Å². The lowest BCUT2D eigenvalue weighted by Gasteiger charge is -1.88. The van der Waals surface area contributed by atoms with Gasteiger partial charge in [0, 0.05) is 12.1 Å². The molecule has 13 heavy (non-hydrogen) atoms. The molecule has 0 fully saturated rings. The molecule has 1 aromatic carbocycles. The Kier molecular flexibility index (Phi) is 2.01. The minimum Gasteiger partial charge on any atom is -0.258 e. The van der Waals surface area contributed by atoms with Crippen LogP contribution in [-0.2, 0) is 0 Å². The van der Waals surface area contributed by atoms with Crippen molar-refractivity contribution in [1.82, 2.24) is 4.98 Å². The summed E-state index contributed by atoms with van der Waals surface area (Å²) in [4.78, 5) is 14.1. The summed E-state index contributed by atoms with van der Waals surface area (Å²) in [5.41, 5.74) is 0.881. The van der Waals surface area contributed by atoms with Gasteiger partial charge in [0.2, 0.25) is 0 Å². The molecule has 0 unspecified atom stereocenters. The molecule has 0 saturated carbocycles. The van der Waals surface area contributed by atoms with Crippen molar-refractivity contribution in [3.8, 4) is 0 Å². The molecule has 0 aliphatic rings. The molecule has 0 saturated heterocycles. The Hall–Kier alpha value is -1.01. The summed E-state index contributed by atoms with van der Waals surface area (Å²) in [6.45, 7) is 0. The fourth-order valence-electron chi connectivity index (χ4n) is 0.999. The number of aromatic nitrogens is 1. The predicted octanol–water partition coefficient (Wildman–Crippen LogP) is 2.97. The second-order valence-electron chi connectivity index (χ2n) is 2.38. The monoisotopic (exact) mass is 258 g/mol. The minimum atomic E-state index is -0.410. The molecule has 0 radical (unpaired) electrons. The number of thiazole rings is 1. The van der Waals surface area contributed by atoms with Gasteiger partial charge in [-0.15, -0.1) is 11.3 Å². The number of hydrogen-bond donors (Lipinski definition) is 0. The number of rotatable bonds is 1. The molecular weight excluding hydrogens is 256 g/mol. The van der Waals surface area contributed by atoms with Gasteiger partial charge in [-0.2, -0.15) is 0 Å². The van der Waals surface area contributed by atoms with Crippen LogP contribution in [-0.4, -0.2) is 9.91 Å². The van der Waals surface area contributed by atoms with E-state index in [1.165, 1.54) is 23.5 Å². The summed E-state index contributed by atoms with van der Waals surface area (Å²) in [6, 6.07) is 4.63. The molecule has 0 aliphatic heterocycles. The van der Waals surface area contributed by atoms with Gasteiger partial charge < -0.3 is 0 Å². The van der Waals surface area contributed by atoms with Gasteiger partial charge in [0.1, 0.15) is 0 Å². The van der Waals surface area contributed by atoms with Crippen LogP contribution in [0.5, 0.6) is 0 Å². The lowest BCUT2D eigenvalue weighted by Crippen LogP contribution is -1.85. The molecule has 0 aliphatic carbocycles. The summed E-state index contributed by atoms with van der Waals surface area (Å²) >= 11 is 4.61. The first kappa shape index (κ1) is 8.58. The third kappa shape index (κ3) is 1.54. The molecule has 1 aromatic heterocycles. The van der Waals surface area contributed by atoms with Crippen LogP contribution in [0.25, 0.3) is 10.2 Å². The van der Waals surface area contributed by atoms with E-state index in [0.29, 0.717) is 0 Å². The fraction of sp³-hybridized carbons (Fsp3) is 0. The van der Waals surface area contributed by atoms with E-state index in [-0.39, 0.29) is 5.69 Å². The zero-order chi connectivity index (χ0) is 9.42. The number of nitrogens with zero attached hydrogens (tertiary/aromatic N) is 2. The van der Waals surface area contributed by atoms with E-state index in [0.717, 1.165) is 14.1 Å². The van der Waals surface area contributed by atoms with Crippen molar-refractivity contribution in [3.05, 3.63) is 32.2 Å². The van der Waals surface area contributed by atoms with Crippen molar-refractivity contribution in [2.75, 3.05) is 0 Å². The molecule has 0 amide bonds. The molecule has 2 aromatic rings. The third-order valence-corrected chi connectivity index (χ3v) is 3.03. The highest BCUT2D eigenvalue weighted by Gasteiger charge is 2.08. The van der Waals surface area contributed by atoms with Crippen molar-refractivity contribution in [2.45, 2.75) is 0 Å². The number of hydrogen-bond acceptors (Lipinski definition) is 4. The highest BCUT2D eigenvalue weighted by Crippen LogP contribution is 2.28. The van der Waals surface area contributed by atoms with Crippen molar-refractivity contribution in [1.29, 1.82) is 0 Å². The van der Waals surface area contributed by atoms with Gasteiger partial charge in [0.05, 0.1) is 15.1 Å². The van der Waals surface area contributed by atoms with E-state index >= 15 is 0 Å². The minimum absolute atomic E-state index is 0.101. The number of nitro groups is 1. The zero-order valence-electron chi connectivity index (χ0n) is 6.23. The Morgan fingerprint density at radius 2 is 2.31 bits per heavy atom. The molecular formula is C7H3BrN2O2S. The van der Waals surface area contributed by atoms with Gasteiger partial charge in [-0.05, 0) is 22.0 Å². The van der Waals surface area contributed by atoms with Crippen LogP contribution in [0.2, 0.25) is 0 Å². The Bertz CT molecular complexity index is 482. The van der Waals surface area contributed by atoms with Crippen molar-refractivity contribution < 1.29 is 4.92 Å². The van der Waals surface area contributed by atoms with Crippen LogP contribution in [0, 0.1) is 10.1 Å². The lowest BCUT2D eigenvalue weighted by atomic mass is 10.3. The number of halogens is 1. The molecule has 0 N–H and O–H groups in total. The van der Waals surface area contributed by atoms with Crippen LogP contribution in [0.4, 0.5) is 5.69 Å². The van der Waals surface area contributed by atoms with E-state index in [9.17, 15) is 10.1 Å². The first-order valence-electron chi connectivity index (χ1n) is 3.37. The first-order chi connectivity index (χ1) is 6.16.